The predicted molar refractivity (Wildman–Crippen MR) is 182 cm³/mol. The van der Waals surface area contributed by atoms with Gasteiger partial charge in [-0.15, -0.1) is 0 Å². The lowest BCUT2D eigenvalue weighted by Crippen LogP contribution is -2.59. The number of rotatable bonds is 6. The molecule has 0 spiro atoms. The normalized spacial score (nSPS) is 28.3. The van der Waals surface area contributed by atoms with Crippen LogP contribution >= 0.6 is 0 Å². The topological polar surface area (TPSA) is 138 Å². The Morgan fingerprint density at radius 2 is 1.53 bits per heavy atom. The molecule has 47 heavy (non-hydrogen) atoms. The van der Waals surface area contributed by atoms with E-state index in [9.17, 15) is 18.0 Å². The van der Waals surface area contributed by atoms with E-state index >= 15 is 0 Å². The van der Waals surface area contributed by atoms with Gasteiger partial charge in [0.1, 0.15) is 5.82 Å². The smallest absolute Gasteiger partial charge is 0.404 e. The summed E-state index contributed by atoms with van der Waals surface area (Å²) in [7, 11) is -3.12. The number of nitrogens with zero attached hydrogens (tertiary/aromatic N) is 5. The van der Waals surface area contributed by atoms with Crippen molar-refractivity contribution in [2.45, 2.75) is 63.2 Å². The Labute approximate surface area is 277 Å². The molecular weight excluding hydrogens is 618 g/mol. The molecule has 4 bridgehead atoms. The van der Waals surface area contributed by atoms with Crippen LogP contribution in [0.5, 0.6) is 0 Å². The van der Waals surface area contributed by atoms with Gasteiger partial charge in [0.2, 0.25) is 10.0 Å². The van der Waals surface area contributed by atoms with Crippen LogP contribution in [0.1, 0.15) is 51.9 Å². The highest BCUT2D eigenvalue weighted by Gasteiger charge is 2.49. The average molecular weight is 666 g/mol. The highest BCUT2D eigenvalue weighted by molar-refractivity contribution is 7.90. The van der Waals surface area contributed by atoms with Crippen LogP contribution in [0.15, 0.2) is 42.6 Å². The summed E-state index contributed by atoms with van der Waals surface area (Å²) in [6.07, 6.45) is 9.12. The second kappa shape index (κ2) is 13.1. The van der Waals surface area contributed by atoms with Gasteiger partial charge < -0.3 is 25.5 Å². The van der Waals surface area contributed by atoms with Gasteiger partial charge in [0.15, 0.2) is 0 Å². The molecule has 3 heterocycles. The first kappa shape index (κ1) is 32.0. The molecule has 254 valence electrons. The predicted octanol–water partition coefficient (Wildman–Crippen LogP) is 4.46. The molecule has 12 nitrogen and oxygen atoms in total. The molecular formula is C34H47N7O5S. The summed E-state index contributed by atoms with van der Waals surface area (Å²) in [6.45, 7) is 5.90. The Kier molecular flexibility index (Phi) is 8.94. The minimum atomic E-state index is -3.12. The first-order valence-electron chi connectivity index (χ1n) is 17.3. The summed E-state index contributed by atoms with van der Waals surface area (Å²) >= 11 is 0. The van der Waals surface area contributed by atoms with Gasteiger partial charge in [-0.1, -0.05) is 12.1 Å². The number of carbonyl (C=O) groups is 2. The molecule has 1 saturated heterocycles. The number of sulfonamides is 1. The van der Waals surface area contributed by atoms with Gasteiger partial charge in [-0.05, 0) is 99.8 Å². The number of carboxylic acid groups (broad SMARTS) is 1. The van der Waals surface area contributed by atoms with Crippen LogP contribution in [0.3, 0.4) is 0 Å². The van der Waals surface area contributed by atoms with Gasteiger partial charge in [-0.25, -0.2) is 23.0 Å². The number of hydrogen-bond donors (Lipinski definition) is 3. The fraction of sp³-hybridized carbons (Fsp3) is 0.618. The lowest BCUT2D eigenvalue weighted by molar-refractivity contribution is -0.00911. The third-order valence-corrected chi connectivity index (χ3v) is 13.4. The van der Waals surface area contributed by atoms with Gasteiger partial charge in [-0.3, -0.25) is 4.90 Å². The number of hydrogen-bond acceptors (Lipinski definition) is 7. The molecule has 5 aliphatic carbocycles. The maximum atomic E-state index is 13.7. The molecule has 1 aromatic carbocycles. The number of benzene rings is 1. The number of aromatic nitrogens is 1. The third kappa shape index (κ3) is 6.61. The maximum absolute atomic E-state index is 13.7. The molecule has 0 radical (unpaired) electrons. The van der Waals surface area contributed by atoms with Gasteiger partial charge in [-0.2, -0.15) is 4.31 Å². The molecule has 1 aromatic heterocycles. The van der Waals surface area contributed by atoms with Crippen molar-refractivity contribution in [2.75, 3.05) is 60.5 Å². The summed E-state index contributed by atoms with van der Waals surface area (Å²) < 4.78 is 26.9. The van der Waals surface area contributed by atoms with Crippen molar-refractivity contribution >= 4 is 45.0 Å². The van der Waals surface area contributed by atoms with Crippen molar-refractivity contribution < 1.29 is 23.1 Å². The Morgan fingerprint density at radius 3 is 2.09 bits per heavy atom. The fourth-order valence-electron chi connectivity index (χ4n) is 8.85. The van der Waals surface area contributed by atoms with Crippen molar-refractivity contribution in [3.05, 3.63) is 42.6 Å². The molecule has 6 fully saturated rings. The average Bonchev–Trinajstić information content (AvgIpc) is 3.93. The lowest BCUT2D eigenvalue weighted by Gasteiger charge is -2.54. The SMILES string of the molecule is CCNC(=O)O.O=C(NC1C2CC3CC(C2)CC1C3)N1CCN(c2ccc(N3CCN(S(=O)(=O)C4CC4)CC3)cn2)c2ccccc21. The molecule has 0 atom stereocenters. The van der Waals surface area contributed by atoms with E-state index in [0.717, 1.165) is 47.6 Å². The van der Waals surface area contributed by atoms with E-state index < -0.39 is 16.1 Å². The third-order valence-electron chi connectivity index (χ3n) is 11.0. The zero-order valence-electron chi connectivity index (χ0n) is 27.1. The zero-order chi connectivity index (χ0) is 32.7. The van der Waals surface area contributed by atoms with Crippen molar-refractivity contribution in [2.24, 2.45) is 23.7 Å². The van der Waals surface area contributed by atoms with E-state index in [1.165, 1.54) is 32.1 Å². The maximum Gasteiger partial charge on any atom is 0.404 e. The van der Waals surface area contributed by atoms with Gasteiger partial charge in [0.05, 0.1) is 28.5 Å². The zero-order valence-corrected chi connectivity index (χ0v) is 27.9. The van der Waals surface area contributed by atoms with Crippen LogP contribution in [0.4, 0.5) is 32.5 Å². The standard InChI is InChI=1S/C31H40N6O3S.C3H7NO2/c38-31(33-30-23-16-21-15-22(18-23)19-24(30)17-21)37-14-13-36(27-3-1-2-4-28(27)37)29-8-5-25(20-32-29)34-9-11-35(12-10-34)41(39,40)26-6-7-26;1-2-4-3(5)6/h1-5,8,20-24,26,30H,6-7,9-19H2,(H,33,38);4H,2H2,1H3,(H,5,6). The van der Waals surface area contributed by atoms with Crippen LogP contribution < -0.4 is 25.3 Å². The summed E-state index contributed by atoms with van der Waals surface area (Å²) in [6, 6.07) is 12.6. The van der Waals surface area contributed by atoms with Crippen molar-refractivity contribution in [3.63, 3.8) is 0 Å². The number of amides is 3. The van der Waals surface area contributed by atoms with Crippen LogP contribution in [0.25, 0.3) is 0 Å². The van der Waals surface area contributed by atoms with Gasteiger partial charge in [0, 0.05) is 51.9 Å². The molecule has 13 heteroatoms. The fourth-order valence-corrected chi connectivity index (χ4v) is 10.7. The van der Waals surface area contributed by atoms with Gasteiger partial charge >= 0.3 is 12.1 Å². The number of anilines is 4. The second-order valence-corrected chi connectivity index (χ2v) is 16.3. The Hall–Kier alpha value is -3.58. The van der Waals surface area contributed by atoms with Crippen molar-refractivity contribution in [1.29, 1.82) is 0 Å². The van der Waals surface area contributed by atoms with Crippen molar-refractivity contribution in [1.82, 2.24) is 19.9 Å². The van der Waals surface area contributed by atoms with E-state index in [2.05, 4.69) is 32.6 Å². The summed E-state index contributed by atoms with van der Waals surface area (Å²) in [5.41, 5.74) is 2.94. The summed E-state index contributed by atoms with van der Waals surface area (Å²) in [4.78, 5) is 34.3. The van der Waals surface area contributed by atoms with Crippen LogP contribution in [0.2, 0.25) is 0 Å². The number of piperazine rings is 1. The van der Waals surface area contributed by atoms with Crippen LogP contribution in [-0.2, 0) is 10.0 Å². The van der Waals surface area contributed by atoms with Crippen LogP contribution in [-0.4, -0.2) is 92.0 Å². The highest BCUT2D eigenvalue weighted by Crippen LogP contribution is 2.53. The van der Waals surface area contributed by atoms with E-state index in [4.69, 9.17) is 10.1 Å². The Morgan fingerprint density at radius 1 is 0.872 bits per heavy atom. The Bertz CT molecular complexity index is 1530. The number of urea groups is 1. The van der Waals surface area contributed by atoms with E-state index in [0.29, 0.717) is 63.7 Å². The molecule has 2 aliphatic heterocycles. The highest BCUT2D eigenvalue weighted by atomic mass is 32.2. The first-order valence-corrected chi connectivity index (χ1v) is 18.8. The molecule has 9 rings (SSSR count). The second-order valence-electron chi connectivity index (χ2n) is 14.0. The monoisotopic (exact) mass is 665 g/mol. The number of carbonyl (C=O) groups excluding carboxylic acids is 1. The van der Waals surface area contributed by atoms with E-state index in [1.807, 2.05) is 35.4 Å². The summed E-state index contributed by atoms with van der Waals surface area (Å²) in [5, 5.41) is 13.3. The summed E-state index contributed by atoms with van der Waals surface area (Å²) in [5.74, 6) is 3.95. The van der Waals surface area contributed by atoms with Gasteiger partial charge in [0.25, 0.3) is 0 Å². The minimum absolute atomic E-state index is 0.0423. The molecule has 2 aromatic rings. The van der Waals surface area contributed by atoms with Crippen molar-refractivity contribution in [3.8, 4) is 0 Å². The first-order chi connectivity index (χ1) is 22.7. The largest absolute Gasteiger partial charge is 0.465 e. The molecule has 7 aliphatic rings. The molecule has 3 N–H and O–H groups in total. The lowest BCUT2D eigenvalue weighted by atomic mass is 9.54. The minimum Gasteiger partial charge on any atom is -0.465 e. The van der Waals surface area contributed by atoms with E-state index in [-0.39, 0.29) is 11.3 Å². The molecule has 5 saturated carbocycles. The number of nitrogens with one attached hydrogen (secondary N) is 2. The Balaban J connectivity index is 0.000000538. The number of para-hydroxylation sites is 2. The van der Waals surface area contributed by atoms with E-state index in [1.54, 1.807) is 11.2 Å². The van der Waals surface area contributed by atoms with Crippen LogP contribution in [0, 0.1) is 23.7 Å². The number of pyridine rings is 1. The quantitative estimate of drug-likeness (QED) is 0.411. The molecule has 0 unspecified atom stereocenters. The number of fused-ring (bicyclic) bond motifs is 1. The molecule has 3 amide bonds.